The van der Waals surface area contributed by atoms with Crippen LogP contribution in [-0.4, -0.2) is 16.3 Å². The lowest BCUT2D eigenvalue weighted by atomic mass is 9.85. The van der Waals surface area contributed by atoms with Crippen molar-refractivity contribution in [2.75, 3.05) is 6.54 Å². The molecule has 0 aromatic carbocycles. The van der Waals surface area contributed by atoms with E-state index in [0.29, 0.717) is 6.54 Å². The number of nitrogens with two attached hydrogens (primary N) is 1. The van der Waals surface area contributed by atoms with Crippen LogP contribution in [0.5, 0.6) is 0 Å². The maximum absolute atomic E-state index is 5.62. The van der Waals surface area contributed by atoms with Gasteiger partial charge < -0.3 is 5.73 Å². The average molecular weight is 260 g/mol. The Kier molecular flexibility index (Phi) is 3.72. The summed E-state index contributed by atoms with van der Waals surface area (Å²) < 4.78 is 3.11. The Hall–Kier alpha value is -0.350. The molecule has 2 N–H and O–H groups in total. The lowest BCUT2D eigenvalue weighted by Crippen LogP contribution is -2.25. The van der Waals surface area contributed by atoms with Crippen molar-refractivity contribution >= 4 is 15.9 Å². The highest BCUT2D eigenvalue weighted by Gasteiger charge is 2.26. The third-order valence-corrected chi connectivity index (χ3v) is 3.09. The van der Waals surface area contributed by atoms with E-state index in [9.17, 15) is 0 Å². The molecule has 0 atom stereocenters. The second kappa shape index (κ2) is 4.45. The molecule has 0 aliphatic heterocycles. The first kappa shape index (κ1) is 11.7. The molecule has 0 bridgehead atoms. The molecule has 1 rings (SSSR count). The molecule has 1 aromatic heterocycles. The minimum Gasteiger partial charge on any atom is -0.330 e. The topological polar surface area (TPSA) is 43.8 Å². The van der Waals surface area contributed by atoms with Crippen LogP contribution in [0.25, 0.3) is 0 Å². The molecule has 0 aliphatic rings. The van der Waals surface area contributed by atoms with Crippen molar-refractivity contribution in [3.8, 4) is 0 Å². The van der Waals surface area contributed by atoms with Crippen molar-refractivity contribution in [1.29, 1.82) is 0 Å². The van der Waals surface area contributed by atoms with E-state index >= 15 is 0 Å². The highest BCUT2D eigenvalue weighted by atomic mass is 79.9. The summed E-state index contributed by atoms with van der Waals surface area (Å²) in [4.78, 5) is 0. The number of aryl methyl sites for hydroxylation is 1. The lowest BCUT2D eigenvalue weighted by Gasteiger charge is -2.25. The molecule has 4 heteroatoms. The number of nitrogens with zero attached hydrogens (tertiary/aromatic N) is 2. The Bertz CT molecular complexity index is 304. The Morgan fingerprint density at radius 1 is 1.57 bits per heavy atom. The van der Waals surface area contributed by atoms with Gasteiger partial charge in [0.25, 0.3) is 0 Å². The molecule has 0 aliphatic carbocycles. The fraction of sp³-hybridized carbons (Fsp3) is 0.700. The average Bonchev–Trinajstić information content (AvgIpc) is 2.47. The number of hydrogen-bond donors (Lipinski definition) is 1. The second-order valence-corrected chi connectivity index (χ2v) is 4.93. The van der Waals surface area contributed by atoms with Crippen LogP contribution in [0.2, 0.25) is 0 Å². The Morgan fingerprint density at radius 2 is 2.21 bits per heavy atom. The summed E-state index contributed by atoms with van der Waals surface area (Å²) in [5.41, 5.74) is 6.94. The monoisotopic (exact) mass is 259 g/mol. The standard InChI is InChI=1S/C10H18BrN3/c1-4-14-9(8(11)7-13-14)10(2,3)5-6-12/h7H,4-6,12H2,1-3H3. The number of aromatic nitrogens is 2. The zero-order valence-electron chi connectivity index (χ0n) is 9.05. The third-order valence-electron chi connectivity index (χ3n) is 2.50. The van der Waals surface area contributed by atoms with Crippen molar-refractivity contribution in [1.82, 2.24) is 9.78 Å². The first-order valence-corrected chi connectivity index (χ1v) is 5.74. The van der Waals surface area contributed by atoms with Crippen molar-refractivity contribution in [2.24, 2.45) is 5.73 Å². The minimum atomic E-state index is 0.0834. The summed E-state index contributed by atoms with van der Waals surface area (Å²) in [5, 5.41) is 4.31. The van der Waals surface area contributed by atoms with Gasteiger partial charge in [0.05, 0.1) is 16.4 Å². The van der Waals surface area contributed by atoms with Gasteiger partial charge in [-0.2, -0.15) is 5.10 Å². The van der Waals surface area contributed by atoms with Gasteiger partial charge in [-0.25, -0.2) is 0 Å². The molecule has 80 valence electrons. The van der Waals surface area contributed by atoms with Crippen LogP contribution in [-0.2, 0) is 12.0 Å². The largest absolute Gasteiger partial charge is 0.330 e. The molecular formula is C10H18BrN3. The van der Waals surface area contributed by atoms with Crippen LogP contribution in [0, 0.1) is 0 Å². The summed E-state index contributed by atoms with van der Waals surface area (Å²) >= 11 is 3.54. The van der Waals surface area contributed by atoms with Crippen molar-refractivity contribution < 1.29 is 0 Å². The van der Waals surface area contributed by atoms with E-state index in [4.69, 9.17) is 5.73 Å². The van der Waals surface area contributed by atoms with Crippen LogP contribution in [0.4, 0.5) is 0 Å². The molecule has 0 amide bonds. The van der Waals surface area contributed by atoms with E-state index in [0.717, 1.165) is 17.4 Å². The SMILES string of the molecule is CCn1ncc(Br)c1C(C)(C)CCN. The van der Waals surface area contributed by atoms with Crippen molar-refractivity contribution in [2.45, 2.75) is 39.2 Å². The summed E-state index contributed by atoms with van der Waals surface area (Å²) in [5.74, 6) is 0. The first-order chi connectivity index (χ1) is 6.53. The number of halogens is 1. The molecule has 1 aromatic rings. The van der Waals surface area contributed by atoms with Gasteiger partial charge in [-0.05, 0) is 35.8 Å². The maximum Gasteiger partial charge on any atom is 0.0635 e. The molecule has 14 heavy (non-hydrogen) atoms. The van der Waals surface area contributed by atoms with E-state index in [1.807, 2.05) is 10.9 Å². The minimum absolute atomic E-state index is 0.0834. The fourth-order valence-corrected chi connectivity index (χ4v) is 2.59. The summed E-state index contributed by atoms with van der Waals surface area (Å²) in [7, 11) is 0. The second-order valence-electron chi connectivity index (χ2n) is 4.08. The van der Waals surface area contributed by atoms with Gasteiger partial charge in [-0.3, -0.25) is 4.68 Å². The summed E-state index contributed by atoms with van der Waals surface area (Å²) in [6.07, 6.45) is 2.83. The predicted molar refractivity (Wildman–Crippen MR) is 62.3 cm³/mol. The van der Waals surface area contributed by atoms with E-state index in [1.165, 1.54) is 5.69 Å². The smallest absolute Gasteiger partial charge is 0.0635 e. The van der Waals surface area contributed by atoms with Gasteiger partial charge in [0.2, 0.25) is 0 Å². The fourth-order valence-electron chi connectivity index (χ4n) is 1.75. The quantitative estimate of drug-likeness (QED) is 0.902. The third kappa shape index (κ3) is 2.17. The van der Waals surface area contributed by atoms with Crippen LogP contribution >= 0.6 is 15.9 Å². The zero-order chi connectivity index (χ0) is 10.8. The summed E-state index contributed by atoms with van der Waals surface area (Å²) in [6, 6.07) is 0. The van der Waals surface area contributed by atoms with Crippen LogP contribution in [0.15, 0.2) is 10.7 Å². The maximum atomic E-state index is 5.62. The first-order valence-electron chi connectivity index (χ1n) is 4.94. The highest BCUT2D eigenvalue weighted by molar-refractivity contribution is 9.10. The normalized spacial score (nSPS) is 12.1. The number of hydrogen-bond acceptors (Lipinski definition) is 2. The zero-order valence-corrected chi connectivity index (χ0v) is 10.6. The molecule has 1 heterocycles. The Balaban J connectivity index is 3.08. The van der Waals surface area contributed by atoms with E-state index < -0.39 is 0 Å². The van der Waals surface area contributed by atoms with E-state index in [1.54, 1.807) is 0 Å². The Morgan fingerprint density at radius 3 is 2.71 bits per heavy atom. The van der Waals surface area contributed by atoms with Crippen molar-refractivity contribution in [3.63, 3.8) is 0 Å². The van der Waals surface area contributed by atoms with Crippen molar-refractivity contribution in [3.05, 3.63) is 16.4 Å². The van der Waals surface area contributed by atoms with Crippen LogP contribution in [0.1, 0.15) is 32.9 Å². The van der Waals surface area contributed by atoms with E-state index in [-0.39, 0.29) is 5.41 Å². The van der Waals surface area contributed by atoms with Gasteiger partial charge in [0, 0.05) is 12.0 Å². The van der Waals surface area contributed by atoms with Gasteiger partial charge in [-0.15, -0.1) is 0 Å². The predicted octanol–water partition coefficient (Wildman–Crippen LogP) is 2.29. The van der Waals surface area contributed by atoms with Gasteiger partial charge in [-0.1, -0.05) is 13.8 Å². The molecule has 0 fully saturated rings. The highest BCUT2D eigenvalue weighted by Crippen LogP contribution is 2.32. The Labute approximate surface area is 93.8 Å². The number of rotatable bonds is 4. The van der Waals surface area contributed by atoms with Gasteiger partial charge >= 0.3 is 0 Å². The molecule has 3 nitrogen and oxygen atoms in total. The van der Waals surface area contributed by atoms with Gasteiger partial charge in [0.1, 0.15) is 0 Å². The van der Waals surface area contributed by atoms with Crippen LogP contribution in [0.3, 0.4) is 0 Å². The van der Waals surface area contributed by atoms with E-state index in [2.05, 4.69) is 41.8 Å². The molecule has 0 saturated carbocycles. The molecule has 0 saturated heterocycles. The molecule has 0 spiro atoms. The van der Waals surface area contributed by atoms with Gasteiger partial charge in [0.15, 0.2) is 0 Å². The van der Waals surface area contributed by atoms with Crippen LogP contribution < -0.4 is 5.73 Å². The molecule has 0 radical (unpaired) electrons. The lowest BCUT2D eigenvalue weighted by molar-refractivity contribution is 0.433. The summed E-state index contributed by atoms with van der Waals surface area (Å²) in [6.45, 7) is 8.10. The molecular weight excluding hydrogens is 242 g/mol. The molecule has 0 unspecified atom stereocenters.